The van der Waals surface area contributed by atoms with Crippen LogP contribution in [0.2, 0.25) is 0 Å². The lowest BCUT2D eigenvalue weighted by molar-refractivity contribution is -0.130. The van der Waals surface area contributed by atoms with Gasteiger partial charge in [-0.1, -0.05) is 18.2 Å². The molecule has 2 aromatic carbocycles. The van der Waals surface area contributed by atoms with Gasteiger partial charge in [0.1, 0.15) is 18.4 Å². The predicted octanol–water partition coefficient (Wildman–Crippen LogP) is 2.62. The quantitative estimate of drug-likeness (QED) is 0.869. The zero-order valence-electron chi connectivity index (χ0n) is 13.5. The molecule has 0 aliphatic carbocycles. The molecule has 1 aliphatic heterocycles. The third-order valence-corrected chi connectivity index (χ3v) is 3.91. The number of hydrogen-bond donors (Lipinski definition) is 1. The van der Waals surface area contributed by atoms with Gasteiger partial charge in [-0.15, -0.1) is 0 Å². The topological polar surface area (TPSA) is 69.7 Å². The third kappa shape index (κ3) is 3.35. The van der Waals surface area contributed by atoms with E-state index in [1.54, 1.807) is 31.2 Å². The molecule has 4 amide bonds. The van der Waals surface area contributed by atoms with Crippen molar-refractivity contribution in [1.29, 1.82) is 0 Å². The number of urea groups is 1. The van der Waals surface area contributed by atoms with E-state index in [0.717, 1.165) is 4.90 Å². The Morgan fingerprint density at radius 3 is 2.36 bits per heavy atom. The molecule has 3 rings (SSSR count). The number of nitrogens with one attached hydrogen (secondary N) is 1. The van der Waals surface area contributed by atoms with E-state index in [2.05, 4.69) is 5.32 Å². The van der Waals surface area contributed by atoms with Crippen molar-refractivity contribution in [2.75, 3.05) is 16.8 Å². The molecule has 0 bridgehead atoms. The van der Waals surface area contributed by atoms with Crippen molar-refractivity contribution in [3.05, 3.63) is 60.4 Å². The van der Waals surface area contributed by atoms with E-state index in [0.29, 0.717) is 11.4 Å². The van der Waals surface area contributed by atoms with Crippen molar-refractivity contribution in [1.82, 2.24) is 4.90 Å². The van der Waals surface area contributed by atoms with E-state index in [1.165, 1.54) is 29.2 Å². The smallest absolute Gasteiger partial charge is 0.325 e. The Morgan fingerprint density at radius 1 is 1.08 bits per heavy atom. The van der Waals surface area contributed by atoms with Gasteiger partial charge in [-0.2, -0.15) is 0 Å². The lowest BCUT2D eigenvalue weighted by Crippen LogP contribution is -2.39. The first-order chi connectivity index (χ1) is 12.0. The van der Waals surface area contributed by atoms with Gasteiger partial charge in [0.15, 0.2) is 0 Å². The van der Waals surface area contributed by atoms with Crippen LogP contribution in [0.1, 0.15) is 6.92 Å². The average molecular weight is 341 g/mol. The average Bonchev–Trinajstić information content (AvgIpc) is 2.81. The first-order valence-electron chi connectivity index (χ1n) is 7.72. The van der Waals surface area contributed by atoms with Crippen LogP contribution in [0.3, 0.4) is 0 Å². The van der Waals surface area contributed by atoms with Gasteiger partial charge in [-0.3, -0.25) is 19.4 Å². The lowest BCUT2D eigenvalue weighted by atomic mass is 10.2. The van der Waals surface area contributed by atoms with Crippen molar-refractivity contribution in [3.8, 4) is 0 Å². The molecule has 0 spiro atoms. The summed E-state index contributed by atoms with van der Waals surface area (Å²) in [7, 11) is 0. The van der Waals surface area contributed by atoms with Gasteiger partial charge >= 0.3 is 6.03 Å². The Bertz CT molecular complexity index is 808. The molecular formula is C18H16FN3O3. The van der Waals surface area contributed by atoms with Crippen LogP contribution in [0, 0.1) is 5.82 Å². The highest BCUT2D eigenvalue weighted by Gasteiger charge is 2.43. The number of hydrogen-bond acceptors (Lipinski definition) is 3. The Morgan fingerprint density at radius 2 is 1.72 bits per heavy atom. The normalized spacial score (nSPS) is 17.1. The van der Waals surface area contributed by atoms with Crippen LogP contribution in [0.4, 0.5) is 20.6 Å². The van der Waals surface area contributed by atoms with E-state index >= 15 is 0 Å². The highest BCUT2D eigenvalue weighted by atomic mass is 19.1. The molecule has 128 valence electrons. The molecule has 1 saturated heterocycles. The van der Waals surface area contributed by atoms with Crippen molar-refractivity contribution >= 4 is 29.2 Å². The molecular weight excluding hydrogens is 325 g/mol. The highest BCUT2D eigenvalue weighted by molar-refractivity contribution is 6.16. The first kappa shape index (κ1) is 16.6. The summed E-state index contributed by atoms with van der Waals surface area (Å²) < 4.78 is 12.9. The summed E-state index contributed by atoms with van der Waals surface area (Å²) in [5.41, 5.74) is 0.980. The zero-order valence-corrected chi connectivity index (χ0v) is 13.5. The molecule has 1 fully saturated rings. The number of carbonyl (C=O) groups is 3. The number of imide groups is 1. The molecule has 0 aromatic heterocycles. The van der Waals surface area contributed by atoms with Gasteiger partial charge in [0.25, 0.3) is 5.91 Å². The Hall–Kier alpha value is -3.22. The standard InChI is InChI=1S/C18H16FN3O3/c1-12-17(24)21(18(25)22(12)15-5-3-2-4-6-15)11-16(23)20-14-9-7-13(19)8-10-14/h2-10,12H,11H2,1H3,(H,20,23). The Balaban J connectivity index is 1.72. The largest absolute Gasteiger partial charge is 0.332 e. The maximum Gasteiger partial charge on any atom is 0.332 e. The van der Waals surface area contributed by atoms with Crippen LogP contribution in [-0.4, -0.2) is 35.3 Å². The maximum atomic E-state index is 12.9. The lowest BCUT2D eigenvalue weighted by Gasteiger charge is -2.19. The Labute approximate surface area is 143 Å². The van der Waals surface area contributed by atoms with Crippen molar-refractivity contribution in [2.24, 2.45) is 0 Å². The van der Waals surface area contributed by atoms with Gasteiger partial charge in [0.05, 0.1) is 0 Å². The summed E-state index contributed by atoms with van der Waals surface area (Å²) in [5, 5.41) is 2.54. The number of amides is 4. The highest BCUT2D eigenvalue weighted by Crippen LogP contribution is 2.25. The molecule has 0 saturated carbocycles. The molecule has 1 heterocycles. The van der Waals surface area contributed by atoms with E-state index in [-0.39, 0.29) is 0 Å². The summed E-state index contributed by atoms with van der Waals surface area (Å²) in [5.74, 6) is -1.39. The van der Waals surface area contributed by atoms with E-state index in [9.17, 15) is 18.8 Å². The second kappa shape index (κ2) is 6.72. The molecule has 1 N–H and O–H groups in total. The fourth-order valence-electron chi connectivity index (χ4n) is 2.67. The second-order valence-electron chi connectivity index (χ2n) is 5.64. The molecule has 6 nitrogen and oxygen atoms in total. The van der Waals surface area contributed by atoms with Crippen LogP contribution in [0.25, 0.3) is 0 Å². The number of rotatable bonds is 4. The zero-order chi connectivity index (χ0) is 18.0. The second-order valence-corrected chi connectivity index (χ2v) is 5.64. The monoisotopic (exact) mass is 341 g/mol. The van der Waals surface area contributed by atoms with Gasteiger partial charge in [0, 0.05) is 11.4 Å². The number of benzene rings is 2. The summed E-state index contributed by atoms with van der Waals surface area (Å²) in [6, 6.07) is 12.8. The fourth-order valence-corrected chi connectivity index (χ4v) is 2.67. The van der Waals surface area contributed by atoms with Gasteiger partial charge in [0.2, 0.25) is 5.91 Å². The summed E-state index contributed by atoms with van der Waals surface area (Å²) in [6.07, 6.45) is 0. The number of nitrogens with zero attached hydrogens (tertiary/aromatic N) is 2. The molecule has 0 radical (unpaired) electrons. The number of anilines is 2. The Kier molecular flexibility index (Phi) is 4.47. The van der Waals surface area contributed by atoms with Gasteiger partial charge < -0.3 is 5.32 Å². The van der Waals surface area contributed by atoms with E-state index in [1.807, 2.05) is 6.07 Å². The molecule has 1 aliphatic rings. The number of halogens is 1. The molecule has 1 unspecified atom stereocenters. The van der Waals surface area contributed by atoms with Crippen LogP contribution in [-0.2, 0) is 9.59 Å². The molecule has 2 aromatic rings. The molecule has 7 heteroatoms. The first-order valence-corrected chi connectivity index (χ1v) is 7.72. The van der Waals surface area contributed by atoms with Crippen molar-refractivity contribution in [2.45, 2.75) is 13.0 Å². The van der Waals surface area contributed by atoms with E-state index in [4.69, 9.17) is 0 Å². The summed E-state index contributed by atoms with van der Waals surface area (Å²) >= 11 is 0. The van der Waals surface area contributed by atoms with Crippen LogP contribution in [0.15, 0.2) is 54.6 Å². The predicted molar refractivity (Wildman–Crippen MR) is 90.5 cm³/mol. The van der Waals surface area contributed by atoms with E-state index < -0.39 is 36.2 Å². The van der Waals surface area contributed by atoms with Crippen LogP contribution >= 0.6 is 0 Å². The third-order valence-electron chi connectivity index (χ3n) is 3.91. The van der Waals surface area contributed by atoms with Gasteiger partial charge in [-0.25, -0.2) is 9.18 Å². The number of para-hydroxylation sites is 1. The summed E-state index contributed by atoms with van der Waals surface area (Å²) in [6.45, 7) is 1.22. The molecule has 25 heavy (non-hydrogen) atoms. The maximum absolute atomic E-state index is 12.9. The molecule has 1 atom stereocenters. The van der Waals surface area contributed by atoms with Crippen LogP contribution in [0.5, 0.6) is 0 Å². The minimum atomic E-state index is -0.687. The minimum absolute atomic E-state index is 0.387. The minimum Gasteiger partial charge on any atom is -0.325 e. The summed E-state index contributed by atoms with van der Waals surface area (Å²) in [4.78, 5) is 39.3. The fraction of sp³-hybridized carbons (Fsp3) is 0.167. The van der Waals surface area contributed by atoms with Crippen LogP contribution < -0.4 is 10.2 Å². The van der Waals surface area contributed by atoms with Crippen molar-refractivity contribution < 1.29 is 18.8 Å². The number of carbonyl (C=O) groups excluding carboxylic acids is 3. The SMILES string of the molecule is CC1C(=O)N(CC(=O)Nc2ccc(F)cc2)C(=O)N1c1ccccc1. The van der Waals surface area contributed by atoms with Crippen molar-refractivity contribution in [3.63, 3.8) is 0 Å². The van der Waals surface area contributed by atoms with Gasteiger partial charge in [-0.05, 0) is 43.3 Å².